The third kappa shape index (κ3) is 6.33. The highest BCUT2D eigenvalue weighted by Gasteiger charge is 2.30. The molecule has 0 saturated carbocycles. The van der Waals surface area contributed by atoms with E-state index in [1.165, 1.54) is 0 Å². The molecule has 0 N–H and O–H groups in total. The Bertz CT molecular complexity index is 446. The molecule has 0 atom stereocenters. The minimum atomic E-state index is -0.282. The Labute approximate surface area is 149 Å². The summed E-state index contributed by atoms with van der Waals surface area (Å²) in [6.45, 7) is 6.06. The highest BCUT2D eigenvalue weighted by molar-refractivity contribution is 5.16. The first-order valence-electron chi connectivity index (χ1n) is 9.02. The second-order valence-electron chi connectivity index (χ2n) is 6.30. The third-order valence-corrected chi connectivity index (χ3v) is 4.44. The summed E-state index contributed by atoms with van der Waals surface area (Å²) in [7, 11) is 0. The molecule has 2 heterocycles. The van der Waals surface area contributed by atoms with Gasteiger partial charge in [0.15, 0.2) is 6.29 Å². The van der Waals surface area contributed by atoms with E-state index >= 15 is 0 Å². The van der Waals surface area contributed by atoms with Crippen molar-refractivity contribution in [2.45, 2.75) is 6.29 Å². The van der Waals surface area contributed by atoms with Crippen LogP contribution >= 0.6 is 0 Å². The minimum Gasteiger partial charge on any atom is -0.379 e. The maximum Gasteiger partial charge on any atom is 0.183 e. The zero-order valence-corrected chi connectivity index (χ0v) is 14.6. The van der Waals surface area contributed by atoms with Crippen LogP contribution in [-0.4, -0.2) is 66.1 Å². The summed E-state index contributed by atoms with van der Waals surface area (Å²) in [5, 5.41) is 0. The highest BCUT2D eigenvalue weighted by Crippen LogP contribution is 2.28. The number of hydrogen-bond donors (Lipinski definition) is 0. The van der Waals surface area contributed by atoms with Gasteiger partial charge in [-0.05, 0) is 0 Å². The van der Waals surface area contributed by atoms with Gasteiger partial charge >= 0.3 is 0 Å². The predicted molar refractivity (Wildman–Crippen MR) is 91.3 cm³/mol. The Morgan fingerprint density at radius 3 is 1.60 bits per heavy atom. The maximum atomic E-state index is 5.94. The van der Waals surface area contributed by atoms with Crippen LogP contribution in [0.4, 0.5) is 0 Å². The van der Waals surface area contributed by atoms with Gasteiger partial charge in [-0.1, -0.05) is 30.3 Å². The second-order valence-corrected chi connectivity index (χ2v) is 6.30. The van der Waals surface area contributed by atoms with E-state index in [9.17, 15) is 0 Å². The molecule has 2 aliphatic rings. The zero-order valence-electron chi connectivity index (χ0n) is 14.6. The van der Waals surface area contributed by atoms with E-state index in [1.807, 2.05) is 30.3 Å². The van der Waals surface area contributed by atoms with Crippen molar-refractivity contribution in [2.24, 2.45) is 11.8 Å². The van der Waals surface area contributed by atoms with Crippen LogP contribution in [0.25, 0.3) is 0 Å². The van der Waals surface area contributed by atoms with E-state index in [-0.39, 0.29) is 18.1 Å². The monoisotopic (exact) mass is 352 g/mol. The van der Waals surface area contributed by atoms with Crippen LogP contribution in [0, 0.1) is 11.8 Å². The highest BCUT2D eigenvalue weighted by atomic mass is 16.7. The van der Waals surface area contributed by atoms with Gasteiger partial charge in [-0.25, -0.2) is 0 Å². The van der Waals surface area contributed by atoms with E-state index in [0.29, 0.717) is 66.1 Å². The van der Waals surface area contributed by atoms with Crippen molar-refractivity contribution in [3.63, 3.8) is 0 Å². The number of hydrogen-bond acceptors (Lipinski definition) is 6. The first-order chi connectivity index (χ1) is 12.4. The lowest BCUT2D eigenvalue weighted by molar-refractivity contribution is -0.218. The average molecular weight is 352 g/mol. The van der Waals surface area contributed by atoms with E-state index in [2.05, 4.69) is 0 Å². The van der Waals surface area contributed by atoms with Crippen LogP contribution in [0.15, 0.2) is 30.3 Å². The quantitative estimate of drug-likeness (QED) is 0.812. The number of benzene rings is 1. The summed E-state index contributed by atoms with van der Waals surface area (Å²) in [5.41, 5.74) is 1.05. The molecule has 0 spiro atoms. The smallest absolute Gasteiger partial charge is 0.183 e. The maximum absolute atomic E-state index is 5.94. The Hall–Kier alpha value is -1.02. The van der Waals surface area contributed by atoms with E-state index in [4.69, 9.17) is 28.4 Å². The molecule has 1 aromatic rings. The largest absolute Gasteiger partial charge is 0.379 e. The van der Waals surface area contributed by atoms with Crippen molar-refractivity contribution in [3.05, 3.63) is 35.9 Å². The molecule has 2 saturated heterocycles. The van der Waals surface area contributed by atoms with E-state index < -0.39 is 0 Å². The molecule has 6 nitrogen and oxygen atoms in total. The van der Waals surface area contributed by atoms with Crippen molar-refractivity contribution >= 4 is 0 Å². The molecule has 0 amide bonds. The van der Waals surface area contributed by atoms with Crippen molar-refractivity contribution in [3.8, 4) is 0 Å². The summed E-state index contributed by atoms with van der Waals surface area (Å²) in [6.07, 6.45) is -0.282. The molecule has 25 heavy (non-hydrogen) atoms. The summed E-state index contributed by atoms with van der Waals surface area (Å²) in [4.78, 5) is 0. The van der Waals surface area contributed by atoms with Gasteiger partial charge in [-0.15, -0.1) is 0 Å². The van der Waals surface area contributed by atoms with Crippen molar-refractivity contribution < 1.29 is 28.4 Å². The molecule has 6 heteroatoms. The topological polar surface area (TPSA) is 55.4 Å². The van der Waals surface area contributed by atoms with Crippen LogP contribution in [0.2, 0.25) is 0 Å². The summed E-state index contributed by atoms with van der Waals surface area (Å²) >= 11 is 0. The second kappa shape index (κ2) is 10.9. The van der Waals surface area contributed by atoms with Gasteiger partial charge < -0.3 is 28.4 Å². The molecule has 0 aliphatic carbocycles. The Kier molecular flexibility index (Phi) is 8.15. The van der Waals surface area contributed by atoms with E-state index in [0.717, 1.165) is 5.56 Å². The molecular formula is C19H28O6. The SMILES string of the molecule is c1ccc(C2OCC(C3COCCOCCOCCOC3)CO2)cc1. The lowest BCUT2D eigenvalue weighted by atomic mass is 9.94. The van der Waals surface area contributed by atoms with Gasteiger partial charge in [0.2, 0.25) is 0 Å². The van der Waals surface area contributed by atoms with Crippen LogP contribution in [-0.2, 0) is 28.4 Å². The molecule has 0 aromatic heterocycles. The Morgan fingerprint density at radius 2 is 1.04 bits per heavy atom. The fourth-order valence-corrected chi connectivity index (χ4v) is 2.94. The molecule has 2 fully saturated rings. The average Bonchev–Trinajstić information content (AvgIpc) is 2.70. The molecule has 0 radical (unpaired) electrons. The molecule has 140 valence electrons. The minimum absolute atomic E-state index is 0.234. The van der Waals surface area contributed by atoms with Gasteiger partial charge in [0.1, 0.15) is 0 Å². The van der Waals surface area contributed by atoms with Crippen LogP contribution in [0.1, 0.15) is 11.9 Å². The van der Waals surface area contributed by atoms with Crippen molar-refractivity contribution in [1.82, 2.24) is 0 Å². The van der Waals surface area contributed by atoms with Crippen LogP contribution in [0.3, 0.4) is 0 Å². The predicted octanol–water partition coefficient (Wildman–Crippen LogP) is 2.04. The lowest BCUT2D eigenvalue weighted by Gasteiger charge is -2.34. The number of ether oxygens (including phenoxy) is 6. The zero-order chi connectivity index (χ0) is 17.2. The van der Waals surface area contributed by atoms with Crippen molar-refractivity contribution in [1.29, 1.82) is 0 Å². The van der Waals surface area contributed by atoms with E-state index in [1.54, 1.807) is 0 Å². The molecule has 0 bridgehead atoms. The molecule has 2 aliphatic heterocycles. The lowest BCUT2D eigenvalue weighted by Crippen LogP contribution is -2.37. The summed E-state index contributed by atoms with van der Waals surface area (Å²) in [6, 6.07) is 10.0. The van der Waals surface area contributed by atoms with Crippen LogP contribution < -0.4 is 0 Å². The van der Waals surface area contributed by atoms with Crippen molar-refractivity contribution in [2.75, 3.05) is 66.1 Å². The van der Waals surface area contributed by atoms with Gasteiger partial charge in [-0.3, -0.25) is 0 Å². The summed E-state index contributed by atoms with van der Waals surface area (Å²) < 4.78 is 34.3. The third-order valence-electron chi connectivity index (χ3n) is 4.44. The fraction of sp³-hybridized carbons (Fsp3) is 0.684. The van der Waals surface area contributed by atoms with Crippen LogP contribution in [0.5, 0.6) is 0 Å². The van der Waals surface area contributed by atoms with Gasteiger partial charge in [0, 0.05) is 17.4 Å². The Balaban J connectivity index is 1.48. The standard InChI is InChI=1S/C19H28O6/c1-2-4-16(5-3-1)19-24-14-18(15-25-19)17-12-22-10-8-20-6-7-21-9-11-23-13-17/h1-5,17-19H,6-15H2. The summed E-state index contributed by atoms with van der Waals surface area (Å²) in [5.74, 6) is 0.490. The fourth-order valence-electron chi connectivity index (χ4n) is 2.94. The molecular weight excluding hydrogens is 324 g/mol. The molecule has 0 unspecified atom stereocenters. The number of rotatable bonds is 2. The normalized spacial score (nSPS) is 28.5. The Morgan fingerprint density at radius 1 is 0.560 bits per heavy atom. The van der Waals surface area contributed by atoms with Gasteiger partial charge in [0.25, 0.3) is 0 Å². The first-order valence-corrected chi connectivity index (χ1v) is 9.02. The molecule has 1 aromatic carbocycles. The van der Waals surface area contributed by atoms with Gasteiger partial charge in [-0.2, -0.15) is 0 Å². The van der Waals surface area contributed by atoms with Gasteiger partial charge in [0.05, 0.1) is 66.1 Å². The first kappa shape index (κ1) is 18.8. The molecule has 3 rings (SSSR count).